The van der Waals surface area contributed by atoms with Gasteiger partial charge in [0.1, 0.15) is 5.82 Å². The van der Waals surface area contributed by atoms with Crippen molar-refractivity contribution in [3.05, 3.63) is 23.9 Å². The molecule has 1 amide bonds. The second-order valence-electron chi connectivity index (χ2n) is 7.65. The molecular formula is C19H30N4O. The summed E-state index contributed by atoms with van der Waals surface area (Å²) in [7, 11) is 2.23. The summed E-state index contributed by atoms with van der Waals surface area (Å²) >= 11 is 0. The van der Waals surface area contributed by atoms with E-state index in [1.807, 2.05) is 6.07 Å². The molecule has 2 heterocycles. The number of aromatic nitrogens is 1. The molecule has 0 aromatic carbocycles. The Morgan fingerprint density at radius 3 is 2.79 bits per heavy atom. The van der Waals surface area contributed by atoms with Crippen LogP contribution in [0.15, 0.2) is 18.3 Å². The predicted octanol–water partition coefficient (Wildman–Crippen LogP) is 2.49. The summed E-state index contributed by atoms with van der Waals surface area (Å²) in [5.41, 5.74) is 1.30. The lowest BCUT2D eigenvalue weighted by atomic mass is 9.69. The molecule has 0 atom stereocenters. The fourth-order valence-electron chi connectivity index (χ4n) is 4.37. The zero-order valence-corrected chi connectivity index (χ0v) is 15.0. The van der Waals surface area contributed by atoms with E-state index in [4.69, 9.17) is 0 Å². The summed E-state index contributed by atoms with van der Waals surface area (Å²) < 4.78 is 0. The molecule has 1 aromatic rings. The molecular weight excluding hydrogens is 300 g/mol. The number of pyridine rings is 1. The molecule has 0 radical (unpaired) electrons. The van der Waals surface area contributed by atoms with Crippen molar-refractivity contribution in [2.45, 2.75) is 50.5 Å². The second-order valence-corrected chi connectivity index (χ2v) is 7.65. The first-order chi connectivity index (χ1) is 11.6. The lowest BCUT2D eigenvalue weighted by Gasteiger charge is -2.42. The van der Waals surface area contributed by atoms with Gasteiger partial charge in [-0.25, -0.2) is 4.98 Å². The van der Waals surface area contributed by atoms with E-state index in [1.165, 1.54) is 51.0 Å². The van der Waals surface area contributed by atoms with E-state index >= 15 is 0 Å². The van der Waals surface area contributed by atoms with Gasteiger partial charge in [0, 0.05) is 30.9 Å². The van der Waals surface area contributed by atoms with Gasteiger partial charge in [0.2, 0.25) is 6.41 Å². The molecule has 2 fully saturated rings. The molecule has 5 nitrogen and oxygen atoms in total. The van der Waals surface area contributed by atoms with E-state index in [0.29, 0.717) is 6.04 Å². The van der Waals surface area contributed by atoms with Gasteiger partial charge in [-0.1, -0.05) is 13.0 Å². The number of likely N-dealkylation sites (N-methyl/N-ethyl adjacent to an activating group) is 1. The van der Waals surface area contributed by atoms with Crippen molar-refractivity contribution in [3.63, 3.8) is 0 Å². The van der Waals surface area contributed by atoms with Gasteiger partial charge in [-0.15, -0.1) is 0 Å². The van der Waals surface area contributed by atoms with Gasteiger partial charge in [-0.05, 0) is 63.7 Å². The Hall–Kier alpha value is -1.46. The van der Waals surface area contributed by atoms with Crippen LogP contribution in [0.2, 0.25) is 0 Å². The Labute approximate surface area is 145 Å². The summed E-state index contributed by atoms with van der Waals surface area (Å²) in [5.74, 6) is 0.727. The molecule has 1 saturated heterocycles. The minimum Gasteiger partial charge on any atom is -0.313 e. The molecule has 0 spiro atoms. The van der Waals surface area contributed by atoms with Crippen LogP contribution >= 0.6 is 0 Å². The van der Waals surface area contributed by atoms with Crippen molar-refractivity contribution in [1.82, 2.24) is 14.8 Å². The van der Waals surface area contributed by atoms with Crippen LogP contribution in [0.3, 0.4) is 0 Å². The Balaban J connectivity index is 1.66. The largest absolute Gasteiger partial charge is 0.313 e. The van der Waals surface area contributed by atoms with E-state index < -0.39 is 0 Å². The fourth-order valence-corrected chi connectivity index (χ4v) is 4.37. The quantitative estimate of drug-likeness (QED) is 0.862. The molecule has 132 valence electrons. The van der Waals surface area contributed by atoms with E-state index in [9.17, 15) is 4.79 Å². The minimum atomic E-state index is 0.110. The second kappa shape index (κ2) is 7.62. The van der Waals surface area contributed by atoms with Crippen molar-refractivity contribution in [1.29, 1.82) is 0 Å². The van der Waals surface area contributed by atoms with Crippen LogP contribution in [0.25, 0.3) is 0 Å². The molecule has 3 rings (SSSR count). The topological polar surface area (TPSA) is 48.5 Å². The van der Waals surface area contributed by atoms with Gasteiger partial charge in [-0.3, -0.25) is 9.69 Å². The normalized spacial score (nSPS) is 29.8. The first kappa shape index (κ1) is 17.4. The first-order valence-electron chi connectivity index (χ1n) is 9.21. The van der Waals surface area contributed by atoms with E-state index in [-0.39, 0.29) is 5.41 Å². The number of rotatable bonds is 4. The number of nitrogens with one attached hydrogen (secondary N) is 1. The molecule has 1 aliphatic carbocycles. The summed E-state index contributed by atoms with van der Waals surface area (Å²) in [4.78, 5) is 20.4. The zero-order chi connectivity index (χ0) is 17.0. The Morgan fingerprint density at radius 2 is 2.04 bits per heavy atom. The number of nitrogens with zero attached hydrogens (tertiary/aromatic N) is 3. The third kappa shape index (κ3) is 3.78. The van der Waals surface area contributed by atoms with Crippen molar-refractivity contribution in [2.24, 2.45) is 0 Å². The summed E-state index contributed by atoms with van der Waals surface area (Å²) in [6.45, 7) is 7.16. The number of carbonyl (C=O) groups excluding carboxylic acids is 1. The number of hydrogen-bond acceptors (Lipinski definition) is 4. The average molecular weight is 330 g/mol. The smallest absolute Gasteiger partial charge is 0.212 e. The minimum absolute atomic E-state index is 0.110. The van der Waals surface area contributed by atoms with Crippen molar-refractivity contribution >= 4 is 12.2 Å². The Bertz CT molecular complexity index is 554. The third-order valence-electron chi connectivity index (χ3n) is 5.98. The van der Waals surface area contributed by atoms with Crippen LogP contribution < -0.4 is 5.32 Å². The molecule has 1 aromatic heterocycles. The van der Waals surface area contributed by atoms with E-state index in [1.54, 1.807) is 6.20 Å². The Morgan fingerprint density at radius 1 is 1.25 bits per heavy atom. The summed E-state index contributed by atoms with van der Waals surface area (Å²) in [6.07, 6.45) is 8.53. The highest BCUT2D eigenvalue weighted by molar-refractivity contribution is 5.71. The highest BCUT2D eigenvalue weighted by atomic mass is 16.1. The van der Waals surface area contributed by atoms with Crippen LogP contribution in [0.4, 0.5) is 5.82 Å². The molecule has 2 aliphatic rings. The van der Waals surface area contributed by atoms with Crippen LogP contribution in [0.1, 0.15) is 44.6 Å². The molecule has 1 saturated carbocycles. The monoisotopic (exact) mass is 330 g/mol. The highest BCUT2D eigenvalue weighted by Gasteiger charge is 2.36. The third-order valence-corrected chi connectivity index (χ3v) is 5.98. The van der Waals surface area contributed by atoms with Crippen molar-refractivity contribution in [2.75, 3.05) is 38.5 Å². The zero-order valence-electron chi connectivity index (χ0n) is 15.0. The van der Waals surface area contributed by atoms with Gasteiger partial charge >= 0.3 is 0 Å². The SMILES string of the molecule is CN1CCCN(C2CCC(C)(c3cccnc3NC=O)CC2)CC1. The fraction of sp³-hybridized carbons (Fsp3) is 0.684. The maximum absolute atomic E-state index is 10.9. The maximum atomic E-state index is 10.9. The standard InChI is InChI=1S/C19H30N4O/c1-19(17-5-3-10-20-18(17)21-15-24)8-6-16(7-9-19)23-12-4-11-22(2)13-14-23/h3,5,10,15-16H,4,6-9,11-14H2,1-2H3,(H,20,21,24). The first-order valence-corrected chi connectivity index (χ1v) is 9.21. The number of hydrogen-bond donors (Lipinski definition) is 1. The molecule has 0 unspecified atom stereocenters. The number of anilines is 1. The van der Waals surface area contributed by atoms with E-state index in [2.05, 4.69) is 40.1 Å². The van der Waals surface area contributed by atoms with Gasteiger partial charge in [0.25, 0.3) is 0 Å². The molecule has 0 bridgehead atoms. The number of amides is 1. The lowest BCUT2D eigenvalue weighted by Crippen LogP contribution is -2.43. The van der Waals surface area contributed by atoms with Crippen molar-refractivity contribution < 1.29 is 4.79 Å². The van der Waals surface area contributed by atoms with Crippen LogP contribution in [0, 0.1) is 0 Å². The van der Waals surface area contributed by atoms with E-state index in [0.717, 1.165) is 25.1 Å². The average Bonchev–Trinajstić information content (AvgIpc) is 2.81. The highest BCUT2D eigenvalue weighted by Crippen LogP contribution is 2.42. The van der Waals surface area contributed by atoms with Gasteiger partial charge < -0.3 is 10.2 Å². The maximum Gasteiger partial charge on any atom is 0.212 e. The van der Waals surface area contributed by atoms with Crippen LogP contribution in [-0.2, 0) is 10.2 Å². The summed E-state index contributed by atoms with van der Waals surface area (Å²) in [6, 6.07) is 4.82. The van der Waals surface area contributed by atoms with Gasteiger partial charge in [0.15, 0.2) is 0 Å². The van der Waals surface area contributed by atoms with Crippen LogP contribution in [0.5, 0.6) is 0 Å². The molecule has 1 aliphatic heterocycles. The molecule has 1 N–H and O–H groups in total. The lowest BCUT2D eigenvalue weighted by molar-refractivity contribution is -0.105. The predicted molar refractivity (Wildman–Crippen MR) is 97.2 cm³/mol. The molecule has 5 heteroatoms. The summed E-state index contributed by atoms with van der Waals surface area (Å²) in [5, 5.41) is 2.78. The van der Waals surface area contributed by atoms with Gasteiger partial charge in [0.05, 0.1) is 0 Å². The number of carbonyl (C=O) groups is 1. The molecule has 24 heavy (non-hydrogen) atoms. The Kier molecular flexibility index (Phi) is 5.51. The van der Waals surface area contributed by atoms with Crippen molar-refractivity contribution in [3.8, 4) is 0 Å². The van der Waals surface area contributed by atoms with Gasteiger partial charge in [-0.2, -0.15) is 0 Å². The van der Waals surface area contributed by atoms with Crippen LogP contribution in [-0.4, -0.2) is 60.5 Å².